The van der Waals surface area contributed by atoms with E-state index in [9.17, 15) is 0 Å². The molecule has 0 bridgehead atoms. The summed E-state index contributed by atoms with van der Waals surface area (Å²) in [6, 6.07) is 0.589. The number of nitrogens with one attached hydrogen (secondary N) is 1. The van der Waals surface area contributed by atoms with E-state index < -0.39 is 0 Å². The van der Waals surface area contributed by atoms with E-state index >= 15 is 0 Å². The van der Waals surface area contributed by atoms with Crippen molar-refractivity contribution in [3.8, 4) is 0 Å². The third-order valence-corrected chi connectivity index (χ3v) is 2.68. The maximum atomic E-state index is 3.33. The van der Waals surface area contributed by atoms with Gasteiger partial charge in [-0.2, -0.15) is 0 Å². The molecule has 1 fully saturated rings. The zero-order valence-corrected chi connectivity index (χ0v) is 7.58. The lowest BCUT2D eigenvalue weighted by atomic mass is 10.4. The molecule has 2 nitrogen and oxygen atoms in total. The summed E-state index contributed by atoms with van der Waals surface area (Å²) in [7, 11) is 0. The molecule has 0 unspecified atom stereocenters. The molecule has 1 rings (SSSR count). The molecule has 0 radical (unpaired) electrons. The molecule has 1 saturated heterocycles. The summed E-state index contributed by atoms with van der Waals surface area (Å²) < 4.78 is 5.72. The first kappa shape index (κ1) is 8.37. The normalized spacial score (nSPS) is 20.7. The van der Waals surface area contributed by atoms with E-state index in [4.69, 9.17) is 0 Å². The lowest BCUT2D eigenvalue weighted by Crippen LogP contribution is -2.22. The summed E-state index contributed by atoms with van der Waals surface area (Å²) in [6.45, 7) is 6.85. The highest BCUT2D eigenvalue weighted by Gasteiger charge is 2.11. The van der Waals surface area contributed by atoms with Crippen molar-refractivity contribution in [2.24, 2.45) is 0 Å². The Hall–Kier alpha value is 0.270. The maximum Gasteiger partial charge on any atom is 0.0127 e. The topological polar surface area (TPSA) is 15.3 Å². The SMILES string of the molecule is CC(C)NSN1CCCC1. The van der Waals surface area contributed by atoms with Gasteiger partial charge in [-0.1, -0.05) is 0 Å². The number of rotatable bonds is 3. The monoisotopic (exact) mass is 160 g/mol. The second-order valence-electron chi connectivity index (χ2n) is 3.00. The molecule has 10 heavy (non-hydrogen) atoms. The zero-order valence-electron chi connectivity index (χ0n) is 6.76. The fraction of sp³-hybridized carbons (Fsp3) is 1.00. The van der Waals surface area contributed by atoms with E-state index in [1.165, 1.54) is 25.9 Å². The number of hydrogen-bond acceptors (Lipinski definition) is 3. The molecule has 1 aliphatic heterocycles. The Bertz CT molecular complexity index is 89.6. The van der Waals surface area contributed by atoms with Crippen LogP contribution in [0.1, 0.15) is 26.7 Å². The van der Waals surface area contributed by atoms with Gasteiger partial charge in [0.15, 0.2) is 0 Å². The molecule has 60 valence electrons. The fourth-order valence-corrected chi connectivity index (χ4v) is 1.76. The van der Waals surface area contributed by atoms with Crippen LogP contribution in [0, 0.1) is 0 Å². The van der Waals surface area contributed by atoms with Crippen LogP contribution >= 0.6 is 12.1 Å². The van der Waals surface area contributed by atoms with E-state index in [1.54, 1.807) is 12.1 Å². The third kappa shape index (κ3) is 2.90. The van der Waals surface area contributed by atoms with Gasteiger partial charge < -0.3 is 0 Å². The van der Waals surface area contributed by atoms with Crippen molar-refractivity contribution in [3.05, 3.63) is 0 Å². The molecule has 1 N–H and O–H groups in total. The van der Waals surface area contributed by atoms with E-state index in [-0.39, 0.29) is 0 Å². The largest absolute Gasteiger partial charge is 0.248 e. The van der Waals surface area contributed by atoms with E-state index in [2.05, 4.69) is 22.9 Å². The Morgan fingerprint density at radius 3 is 2.40 bits per heavy atom. The maximum absolute atomic E-state index is 3.33. The number of nitrogens with zero attached hydrogens (tertiary/aromatic N) is 1. The first-order valence-corrected chi connectivity index (χ1v) is 4.74. The zero-order chi connectivity index (χ0) is 7.40. The molecule has 0 atom stereocenters. The molecule has 0 amide bonds. The minimum atomic E-state index is 0.589. The second-order valence-corrected chi connectivity index (χ2v) is 3.93. The lowest BCUT2D eigenvalue weighted by molar-refractivity contribution is 0.574. The Kier molecular flexibility index (Phi) is 3.52. The van der Waals surface area contributed by atoms with Crippen molar-refractivity contribution in [2.75, 3.05) is 13.1 Å². The van der Waals surface area contributed by atoms with Gasteiger partial charge in [0.1, 0.15) is 0 Å². The van der Waals surface area contributed by atoms with Crippen LogP contribution in [-0.4, -0.2) is 23.4 Å². The molecule has 0 aliphatic carbocycles. The highest BCUT2D eigenvalue weighted by Crippen LogP contribution is 2.15. The Morgan fingerprint density at radius 1 is 1.30 bits per heavy atom. The van der Waals surface area contributed by atoms with Gasteiger partial charge in [-0.05, 0) is 26.7 Å². The van der Waals surface area contributed by atoms with Gasteiger partial charge in [-0.3, -0.25) is 0 Å². The van der Waals surface area contributed by atoms with Crippen molar-refractivity contribution in [1.29, 1.82) is 0 Å². The quantitative estimate of drug-likeness (QED) is 0.632. The molecular weight excluding hydrogens is 144 g/mol. The van der Waals surface area contributed by atoms with Gasteiger partial charge in [-0.25, -0.2) is 9.03 Å². The minimum Gasteiger partial charge on any atom is -0.248 e. The molecule has 0 aromatic carbocycles. The summed E-state index contributed by atoms with van der Waals surface area (Å²) >= 11 is 1.78. The molecule has 0 aromatic rings. The Balaban J connectivity index is 2.01. The van der Waals surface area contributed by atoms with Crippen molar-refractivity contribution in [3.63, 3.8) is 0 Å². The summed E-state index contributed by atoms with van der Waals surface area (Å²) in [6.07, 6.45) is 2.74. The molecule has 3 heteroatoms. The van der Waals surface area contributed by atoms with Crippen molar-refractivity contribution < 1.29 is 0 Å². The second kappa shape index (κ2) is 4.21. The highest BCUT2D eigenvalue weighted by molar-refractivity contribution is 7.95. The van der Waals surface area contributed by atoms with Crippen LogP contribution in [0.5, 0.6) is 0 Å². The van der Waals surface area contributed by atoms with Crippen LogP contribution in [0.3, 0.4) is 0 Å². The van der Waals surface area contributed by atoms with Crippen LogP contribution in [0.2, 0.25) is 0 Å². The predicted octanol–water partition coefficient (Wildman–Crippen LogP) is 1.64. The lowest BCUT2D eigenvalue weighted by Gasteiger charge is -2.15. The molecule has 0 spiro atoms. The van der Waals surface area contributed by atoms with Gasteiger partial charge in [0, 0.05) is 31.3 Å². The van der Waals surface area contributed by atoms with E-state index in [1.807, 2.05) is 0 Å². The first-order chi connectivity index (χ1) is 4.79. The summed E-state index contributed by atoms with van der Waals surface area (Å²) in [4.78, 5) is 0. The summed E-state index contributed by atoms with van der Waals surface area (Å²) in [5.74, 6) is 0. The molecule has 1 heterocycles. The molecular formula is C7H16N2S. The van der Waals surface area contributed by atoms with Gasteiger partial charge in [-0.15, -0.1) is 0 Å². The Morgan fingerprint density at radius 2 is 1.90 bits per heavy atom. The van der Waals surface area contributed by atoms with E-state index in [0.717, 1.165) is 0 Å². The van der Waals surface area contributed by atoms with Crippen LogP contribution in [0.4, 0.5) is 0 Å². The van der Waals surface area contributed by atoms with Crippen LogP contribution in [-0.2, 0) is 0 Å². The van der Waals surface area contributed by atoms with Crippen molar-refractivity contribution in [2.45, 2.75) is 32.7 Å². The average molecular weight is 160 g/mol. The first-order valence-electron chi connectivity index (χ1n) is 3.96. The van der Waals surface area contributed by atoms with Crippen LogP contribution < -0.4 is 4.72 Å². The summed E-state index contributed by atoms with van der Waals surface area (Å²) in [5, 5.41) is 0. The average Bonchev–Trinajstić information content (AvgIpc) is 2.34. The standard InChI is InChI=1S/C7H16N2S/c1-7(2)8-10-9-5-3-4-6-9/h7-8H,3-6H2,1-2H3. The smallest absolute Gasteiger partial charge is 0.0127 e. The van der Waals surface area contributed by atoms with Gasteiger partial charge in [0.25, 0.3) is 0 Å². The van der Waals surface area contributed by atoms with Crippen molar-refractivity contribution in [1.82, 2.24) is 9.03 Å². The Labute approximate surface area is 67.6 Å². The van der Waals surface area contributed by atoms with Crippen LogP contribution in [0.15, 0.2) is 0 Å². The minimum absolute atomic E-state index is 0.589. The predicted molar refractivity (Wildman–Crippen MR) is 46.7 cm³/mol. The molecule has 1 aliphatic rings. The molecule has 0 saturated carbocycles. The fourth-order valence-electron chi connectivity index (χ4n) is 0.959. The van der Waals surface area contributed by atoms with Gasteiger partial charge >= 0.3 is 0 Å². The van der Waals surface area contributed by atoms with Crippen LogP contribution in [0.25, 0.3) is 0 Å². The van der Waals surface area contributed by atoms with E-state index in [0.29, 0.717) is 6.04 Å². The van der Waals surface area contributed by atoms with Gasteiger partial charge in [0.05, 0.1) is 0 Å². The van der Waals surface area contributed by atoms with Crippen molar-refractivity contribution >= 4 is 12.1 Å². The highest BCUT2D eigenvalue weighted by atomic mass is 32.2. The summed E-state index contributed by atoms with van der Waals surface area (Å²) in [5.41, 5.74) is 0. The number of hydrogen-bond donors (Lipinski definition) is 1. The third-order valence-electron chi connectivity index (χ3n) is 1.48. The molecule has 0 aromatic heterocycles. The van der Waals surface area contributed by atoms with Gasteiger partial charge in [0.2, 0.25) is 0 Å².